The fraction of sp³-hybridized carbons (Fsp3) is 0. The van der Waals surface area contributed by atoms with Crippen LogP contribution < -0.4 is 10.7 Å². The second-order valence-corrected chi connectivity index (χ2v) is 7.14. The van der Waals surface area contributed by atoms with Crippen LogP contribution in [0.3, 0.4) is 0 Å². The number of amides is 2. The first-order valence-electron chi connectivity index (χ1n) is 8.27. The minimum atomic E-state index is -0.346. The molecule has 0 spiro atoms. The molecule has 0 bridgehead atoms. The number of benzene rings is 3. The highest BCUT2D eigenvalue weighted by Gasteiger charge is 2.08. The minimum absolute atomic E-state index is 0.257. The molecule has 3 rings (SSSR count). The lowest BCUT2D eigenvalue weighted by molar-refractivity contribution is 0.0954. The summed E-state index contributed by atoms with van der Waals surface area (Å²) in [5, 5.41) is 7.28. The number of carbonyl (C=O) groups is 2. The van der Waals surface area contributed by atoms with Crippen LogP contribution in [0.25, 0.3) is 0 Å². The number of rotatable bonds is 5. The molecule has 0 unspecified atom stereocenters. The summed E-state index contributed by atoms with van der Waals surface area (Å²) in [5.74, 6) is -0.602. The third-order valence-electron chi connectivity index (χ3n) is 3.74. The molecular weight excluding hydrogens is 442 g/mol. The van der Waals surface area contributed by atoms with Crippen LogP contribution >= 0.6 is 27.5 Å². The molecular formula is C21H15BrClN3O2. The number of nitrogens with zero attached hydrogens (tertiary/aromatic N) is 1. The summed E-state index contributed by atoms with van der Waals surface area (Å²) in [6, 6.07) is 20.7. The highest BCUT2D eigenvalue weighted by molar-refractivity contribution is 9.10. The van der Waals surface area contributed by atoms with Crippen LogP contribution in [0.5, 0.6) is 0 Å². The summed E-state index contributed by atoms with van der Waals surface area (Å²) in [4.78, 5) is 24.3. The Hall–Kier alpha value is -2.96. The van der Waals surface area contributed by atoms with Crippen molar-refractivity contribution in [3.63, 3.8) is 0 Å². The van der Waals surface area contributed by atoms with Crippen LogP contribution in [0.4, 0.5) is 5.69 Å². The summed E-state index contributed by atoms with van der Waals surface area (Å²) >= 11 is 9.20. The van der Waals surface area contributed by atoms with E-state index in [-0.39, 0.29) is 11.8 Å². The average molecular weight is 457 g/mol. The topological polar surface area (TPSA) is 70.6 Å². The summed E-state index contributed by atoms with van der Waals surface area (Å²) in [5.41, 5.74) is 4.83. The van der Waals surface area contributed by atoms with Gasteiger partial charge < -0.3 is 5.32 Å². The number of halogens is 2. The number of hydrogen-bond donors (Lipinski definition) is 2. The molecule has 0 atom stereocenters. The van der Waals surface area contributed by atoms with E-state index in [1.165, 1.54) is 0 Å². The van der Waals surface area contributed by atoms with E-state index in [0.29, 0.717) is 21.8 Å². The lowest BCUT2D eigenvalue weighted by atomic mass is 10.1. The Morgan fingerprint density at radius 3 is 2.21 bits per heavy atom. The van der Waals surface area contributed by atoms with Gasteiger partial charge in [0.15, 0.2) is 0 Å². The molecule has 0 aliphatic rings. The van der Waals surface area contributed by atoms with Crippen molar-refractivity contribution in [1.82, 2.24) is 5.43 Å². The molecule has 140 valence electrons. The molecule has 0 aliphatic heterocycles. The molecule has 2 N–H and O–H groups in total. The molecule has 0 saturated carbocycles. The molecule has 3 aromatic carbocycles. The van der Waals surface area contributed by atoms with Gasteiger partial charge in [0.1, 0.15) is 0 Å². The number of nitrogens with one attached hydrogen (secondary N) is 2. The van der Waals surface area contributed by atoms with Gasteiger partial charge in [0.2, 0.25) is 0 Å². The van der Waals surface area contributed by atoms with Crippen molar-refractivity contribution in [2.45, 2.75) is 0 Å². The standard InChI is InChI=1S/C21H15BrClN3O2/c22-17-3-1-2-14(12-17)13-24-26-21(28)16-6-10-19(11-7-16)25-20(27)15-4-8-18(23)9-5-15/h1-13H,(H,25,27)(H,26,28)/b24-13-. The molecule has 7 heteroatoms. The summed E-state index contributed by atoms with van der Waals surface area (Å²) < 4.78 is 0.930. The normalized spacial score (nSPS) is 10.6. The number of anilines is 1. The average Bonchev–Trinajstić information content (AvgIpc) is 2.69. The number of carbonyl (C=O) groups excluding carboxylic acids is 2. The van der Waals surface area contributed by atoms with E-state index in [9.17, 15) is 9.59 Å². The summed E-state index contributed by atoms with van der Waals surface area (Å²) in [6.07, 6.45) is 1.56. The SMILES string of the molecule is O=C(N/N=C\c1cccc(Br)c1)c1ccc(NC(=O)c2ccc(Cl)cc2)cc1. The van der Waals surface area contributed by atoms with E-state index in [4.69, 9.17) is 11.6 Å². The first kappa shape index (κ1) is 19.8. The first-order chi connectivity index (χ1) is 13.5. The molecule has 28 heavy (non-hydrogen) atoms. The Kier molecular flexibility index (Phi) is 6.57. The molecule has 5 nitrogen and oxygen atoms in total. The van der Waals surface area contributed by atoms with Crippen LogP contribution in [0.1, 0.15) is 26.3 Å². The van der Waals surface area contributed by atoms with Crippen LogP contribution in [0.2, 0.25) is 5.02 Å². The Morgan fingerprint density at radius 2 is 1.54 bits per heavy atom. The second kappa shape index (κ2) is 9.30. The van der Waals surface area contributed by atoms with Crippen molar-refractivity contribution in [2.75, 3.05) is 5.32 Å². The van der Waals surface area contributed by atoms with E-state index in [1.54, 1.807) is 54.7 Å². The molecule has 3 aromatic rings. The van der Waals surface area contributed by atoms with Gasteiger partial charge in [0, 0.05) is 26.3 Å². The fourth-order valence-corrected chi connectivity index (χ4v) is 2.87. The van der Waals surface area contributed by atoms with Gasteiger partial charge in [-0.2, -0.15) is 5.10 Å². The third kappa shape index (κ3) is 5.52. The van der Waals surface area contributed by atoms with Crippen LogP contribution in [0.15, 0.2) is 82.4 Å². The van der Waals surface area contributed by atoms with Crippen molar-refractivity contribution < 1.29 is 9.59 Å². The quantitative estimate of drug-likeness (QED) is 0.413. The van der Waals surface area contributed by atoms with Crippen molar-refractivity contribution in [3.05, 3.63) is 99.0 Å². The maximum absolute atomic E-state index is 12.2. The second-order valence-electron chi connectivity index (χ2n) is 5.79. The van der Waals surface area contributed by atoms with Gasteiger partial charge in [-0.25, -0.2) is 5.43 Å². The molecule has 0 radical (unpaired) electrons. The Labute approximate surface area is 175 Å². The first-order valence-corrected chi connectivity index (χ1v) is 9.44. The zero-order valence-electron chi connectivity index (χ0n) is 14.5. The maximum Gasteiger partial charge on any atom is 0.271 e. The van der Waals surface area contributed by atoms with E-state index in [0.717, 1.165) is 10.0 Å². The zero-order chi connectivity index (χ0) is 19.9. The highest BCUT2D eigenvalue weighted by atomic mass is 79.9. The minimum Gasteiger partial charge on any atom is -0.322 e. The van der Waals surface area contributed by atoms with Crippen molar-refractivity contribution in [3.8, 4) is 0 Å². The Bertz CT molecular complexity index is 1020. The van der Waals surface area contributed by atoms with Gasteiger partial charge in [-0.3, -0.25) is 9.59 Å². The lowest BCUT2D eigenvalue weighted by Gasteiger charge is -2.06. The summed E-state index contributed by atoms with van der Waals surface area (Å²) in [6.45, 7) is 0. The van der Waals surface area contributed by atoms with Gasteiger partial charge in [-0.05, 0) is 66.2 Å². The Morgan fingerprint density at radius 1 is 0.893 bits per heavy atom. The predicted molar refractivity (Wildman–Crippen MR) is 115 cm³/mol. The third-order valence-corrected chi connectivity index (χ3v) is 4.48. The van der Waals surface area contributed by atoms with Crippen molar-refractivity contribution in [1.29, 1.82) is 0 Å². The molecule has 0 aromatic heterocycles. The smallest absolute Gasteiger partial charge is 0.271 e. The highest BCUT2D eigenvalue weighted by Crippen LogP contribution is 2.14. The molecule has 0 heterocycles. The monoisotopic (exact) mass is 455 g/mol. The van der Waals surface area contributed by atoms with Gasteiger partial charge in [-0.1, -0.05) is 39.7 Å². The Balaban J connectivity index is 1.58. The lowest BCUT2D eigenvalue weighted by Crippen LogP contribution is -2.17. The van der Waals surface area contributed by atoms with Gasteiger partial charge >= 0.3 is 0 Å². The van der Waals surface area contributed by atoms with E-state index < -0.39 is 0 Å². The molecule has 0 fully saturated rings. The van der Waals surface area contributed by atoms with Gasteiger partial charge in [0.25, 0.3) is 11.8 Å². The van der Waals surface area contributed by atoms with Crippen LogP contribution in [0, 0.1) is 0 Å². The number of hydrogen-bond acceptors (Lipinski definition) is 3. The maximum atomic E-state index is 12.2. The van der Waals surface area contributed by atoms with Gasteiger partial charge in [-0.15, -0.1) is 0 Å². The van der Waals surface area contributed by atoms with E-state index >= 15 is 0 Å². The van der Waals surface area contributed by atoms with Gasteiger partial charge in [0.05, 0.1) is 6.21 Å². The largest absolute Gasteiger partial charge is 0.322 e. The molecule has 0 aliphatic carbocycles. The summed E-state index contributed by atoms with van der Waals surface area (Å²) in [7, 11) is 0. The van der Waals surface area contributed by atoms with E-state index in [2.05, 4.69) is 31.8 Å². The van der Waals surface area contributed by atoms with Crippen LogP contribution in [-0.2, 0) is 0 Å². The van der Waals surface area contributed by atoms with E-state index in [1.807, 2.05) is 24.3 Å². The zero-order valence-corrected chi connectivity index (χ0v) is 16.9. The molecule has 0 saturated heterocycles. The predicted octanol–water partition coefficient (Wildman–Crippen LogP) is 5.12. The van der Waals surface area contributed by atoms with Crippen molar-refractivity contribution >= 4 is 51.2 Å². The fourth-order valence-electron chi connectivity index (χ4n) is 2.33. The van der Waals surface area contributed by atoms with Crippen molar-refractivity contribution in [2.24, 2.45) is 5.10 Å². The molecule has 2 amide bonds. The van der Waals surface area contributed by atoms with Crippen LogP contribution in [-0.4, -0.2) is 18.0 Å². The number of hydrazone groups is 1.